The molecular formula is C31H41N5O5S. The Balaban J connectivity index is 1.48. The van der Waals surface area contributed by atoms with Crippen LogP contribution in [0.3, 0.4) is 0 Å². The minimum Gasteiger partial charge on any atom is -0.465 e. The summed E-state index contributed by atoms with van der Waals surface area (Å²) in [6.07, 6.45) is 8.42. The predicted octanol–water partition coefficient (Wildman–Crippen LogP) is 3.56. The zero-order valence-electron chi connectivity index (χ0n) is 24.3. The summed E-state index contributed by atoms with van der Waals surface area (Å²) in [5.41, 5.74) is 1.54. The van der Waals surface area contributed by atoms with Gasteiger partial charge in [0.15, 0.2) is 0 Å². The standard InChI is InChI=1S/C31H41N5O5S/c1-4-6-20-41-29(40)25-24-27(38)35(18-11-7-8-12-19-37)26(31(24)16-15-30(25,3)42-31)28(39)34(17-5-2)21-36-23-14-10-9-13-22(23)32-33-36/h4-5,9-10,13-14,24-26,37H,1-2,6-8,11-12,15-21H2,3H3/t24-,25+,26?,30-,31?/m0/s1. The van der Waals surface area contributed by atoms with Gasteiger partial charge in [-0.25, -0.2) is 4.68 Å². The largest absolute Gasteiger partial charge is 0.465 e. The molecule has 10 nitrogen and oxygen atoms in total. The molecule has 5 atom stereocenters. The number of unbranched alkanes of at least 4 members (excludes halogenated alkanes) is 3. The zero-order chi connectivity index (χ0) is 29.9. The van der Waals surface area contributed by atoms with Crippen molar-refractivity contribution < 1.29 is 24.2 Å². The number of nitrogens with zero attached hydrogens (tertiary/aromatic N) is 5. The average molecular weight is 596 g/mol. The van der Waals surface area contributed by atoms with Gasteiger partial charge in [0, 0.05) is 24.4 Å². The number of aliphatic hydroxyl groups excluding tert-OH is 1. The molecule has 0 radical (unpaired) electrons. The number of benzene rings is 1. The van der Waals surface area contributed by atoms with Crippen LogP contribution in [0.25, 0.3) is 11.0 Å². The maximum Gasteiger partial charge on any atom is 0.311 e. The minimum atomic E-state index is -0.722. The SMILES string of the molecule is C=CCCOC(=O)[C@H]1[C@H]2C(=O)N(CCCCCCO)C(C(=O)N(CC=C)Cn3nnc4ccccc43)C23CC[C@]1(C)S3. The average Bonchev–Trinajstić information content (AvgIpc) is 3.68. The van der Waals surface area contributed by atoms with Gasteiger partial charge >= 0.3 is 5.97 Å². The maximum atomic E-state index is 14.7. The number of amides is 2. The van der Waals surface area contributed by atoms with Crippen LogP contribution in [-0.2, 0) is 25.8 Å². The van der Waals surface area contributed by atoms with Gasteiger partial charge < -0.3 is 19.6 Å². The smallest absolute Gasteiger partial charge is 0.311 e. The quantitative estimate of drug-likeness (QED) is 0.189. The van der Waals surface area contributed by atoms with Gasteiger partial charge in [0.25, 0.3) is 0 Å². The first-order valence-electron chi connectivity index (χ1n) is 14.9. The highest BCUT2D eigenvalue weighted by Crippen LogP contribution is 2.71. The van der Waals surface area contributed by atoms with E-state index in [-0.39, 0.29) is 44.2 Å². The normalized spacial score (nSPS) is 27.8. The predicted molar refractivity (Wildman–Crippen MR) is 161 cm³/mol. The number of ether oxygens (including phenoxy) is 1. The minimum absolute atomic E-state index is 0.132. The topological polar surface area (TPSA) is 118 Å². The molecule has 2 aromatic rings. The molecule has 2 bridgehead atoms. The lowest BCUT2D eigenvalue weighted by Gasteiger charge is -2.37. The first-order valence-corrected chi connectivity index (χ1v) is 15.7. The van der Waals surface area contributed by atoms with Crippen molar-refractivity contribution in [2.45, 2.75) is 74.1 Å². The van der Waals surface area contributed by atoms with Crippen molar-refractivity contribution in [2.24, 2.45) is 11.8 Å². The number of rotatable bonds is 15. The lowest BCUT2D eigenvalue weighted by molar-refractivity contribution is -0.155. The monoisotopic (exact) mass is 595 g/mol. The molecule has 4 heterocycles. The van der Waals surface area contributed by atoms with Gasteiger partial charge in [-0.05, 0) is 51.2 Å². The van der Waals surface area contributed by atoms with Crippen molar-refractivity contribution in [3.63, 3.8) is 0 Å². The molecule has 3 fully saturated rings. The molecule has 3 saturated heterocycles. The van der Waals surface area contributed by atoms with E-state index in [2.05, 4.69) is 23.5 Å². The summed E-state index contributed by atoms with van der Waals surface area (Å²) in [5, 5.41) is 17.7. The molecule has 1 aromatic carbocycles. The third-order valence-corrected chi connectivity index (χ3v) is 11.0. The van der Waals surface area contributed by atoms with E-state index >= 15 is 0 Å². The summed E-state index contributed by atoms with van der Waals surface area (Å²) in [4.78, 5) is 45.9. The molecule has 2 unspecified atom stereocenters. The molecule has 0 aliphatic carbocycles. The van der Waals surface area contributed by atoms with Crippen LogP contribution in [0.15, 0.2) is 49.6 Å². The highest BCUT2D eigenvalue weighted by atomic mass is 32.2. The second-order valence-electron chi connectivity index (χ2n) is 11.7. The van der Waals surface area contributed by atoms with Crippen LogP contribution in [0.5, 0.6) is 0 Å². The van der Waals surface area contributed by atoms with Gasteiger partial charge in [-0.1, -0.05) is 42.3 Å². The van der Waals surface area contributed by atoms with Crippen LogP contribution in [-0.4, -0.2) is 89.5 Å². The van der Waals surface area contributed by atoms with E-state index in [0.29, 0.717) is 32.2 Å². The summed E-state index contributed by atoms with van der Waals surface area (Å²) >= 11 is 1.64. The fourth-order valence-electron chi connectivity index (χ4n) is 7.11. The van der Waals surface area contributed by atoms with Gasteiger partial charge in [0.2, 0.25) is 11.8 Å². The number of hydrogen-bond donors (Lipinski definition) is 1. The van der Waals surface area contributed by atoms with Gasteiger partial charge in [-0.15, -0.1) is 30.0 Å². The molecule has 2 amide bonds. The van der Waals surface area contributed by atoms with Crippen LogP contribution in [0.1, 0.15) is 51.9 Å². The van der Waals surface area contributed by atoms with Crippen molar-refractivity contribution in [3.05, 3.63) is 49.6 Å². The Morgan fingerprint density at radius 3 is 2.74 bits per heavy atom. The van der Waals surface area contributed by atoms with Crippen molar-refractivity contribution in [2.75, 3.05) is 26.3 Å². The molecule has 1 spiro atoms. The zero-order valence-corrected chi connectivity index (χ0v) is 25.1. The third-order valence-electron chi connectivity index (χ3n) is 9.02. The molecule has 11 heteroatoms. The van der Waals surface area contributed by atoms with Crippen LogP contribution in [0.4, 0.5) is 0 Å². The van der Waals surface area contributed by atoms with E-state index in [9.17, 15) is 19.5 Å². The molecule has 226 valence electrons. The van der Waals surface area contributed by atoms with Gasteiger partial charge in [0.1, 0.15) is 18.2 Å². The fourth-order valence-corrected chi connectivity index (χ4v) is 9.45. The Morgan fingerprint density at radius 1 is 1.19 bits per heavy atom. The second-order valence-corrected chi connectivity index (χ2v) is 13.6. The Hall–Kier alpha value is -3.18. The summed E-state index contributed by atoms with van der Waals surface area (Å²) in [6, 6.07) is 6.86. The van der Waals surface area contributed by atoms with Crippen molar-refractivity contribution >= 4 is 40.6 Å². The van der Waals surface area contributed by atoms with Crippen molar-refractivity contribution in [1.29, 1.82) is 0 Å². The molecular weight excluding hydrogens is 554 g/mol. The maximum absolute atomic E-state index is 14.7. The number of fused-ring (bicyclic) bond motifs is 2. The number of thioether (sulfide) groups is 1. The van der Waals surface area contributed by atoms with Gasteiger partial charge in [-0.2, -0.15) is 0 Å². The van der Waals surface area contributed by atoms with Crippen LogP contribution < -0.4 is 0 Å². The highest BCUT2D eigenvalue weighted by molar-refractivity contribution is 8.02. The van der Waals surface area contributed by atoms with E-state index in [0.717, 1.165) is 30.3 Å². The number of carbonyl (C=O) groups excluding carboxylic acids is 3. The lowest BCUT2D eigenvalue weighted by atomic mass is 9.66. The Morgan fingerprint density at radius 2 is 1.98 bits per heavy atom. The van der Waals surface area contributed by atoms with Gasteiger partial charge in [-0.3, -0.25) is 14.4 Å². The third kappa shape index (κ3) is 5.25. The highest BCUT2D eigenvalue weighted by Gasteiger charge is 2.77. The summed E-state index contributed by atoms with van der Waals surface area (Å²) in [6.45, 7) is 10.9. The molecule has 1 aromatic heterocycles. The Labute approximate surface area is 251 Å². The van der Waals surface area contributed by atoms with Crippen LogP contribution in [0.2, 0.25) is 0 Å². The van der Waals surface area contributed by atoms with E-state index in [1.165, 1.54) is 0 Å². The van der Waals surface area contributed by atoms with Crippen LogP contribution >= 0.6 is 11.8 Å². The summed E-state index contributed by atoms with van der Waals surface area (Å²) in [5.74, 6) is -1.91. The molecule has 3 aliphatic rings. The number of hydrogen-bond acceptors (Lipinski definition) is 8. The molecule has 5 rings (SSSR count). The number of esters is 1. The van der Waals surface area contributed by atoms with E-state index in [1.54, 1.807) is 38.4 Å². The summed E-state index contributed by atoms with van der Waals surface area (Å²) < 4.78 is 6.14. The van der Waals surface area contributed by atoms with Crippen molar-refractivity contribution in [1.82, 2.24) is 24.8 Å². The molecule has 0 saturated carbocycles. The first kappa shape index (κ1) is 30.3. The molecule has 42 heavy (non-hydrogen) atoms. The van der Waals surface area contributed by atoms with Gasteiger partial charge in [0.05, 0.1) is 28.7 Å². The van der Waals surface area contributed by atoms with E-state index in [1.807, 2.05) is 31.2 Å². The van der Waals surface area contributed by atoms with Crippen molar-refractivity contribution in [3.8, 4) is 0 Å². The first-order chi connectivity index (χ1) is 20.3. The number of likely N-dealkylation sites (tertiary alicyclic amines) is 1. The second kappa shape index (κ2) is 12.6. The van der Waals surface area contributed by atoms with E-state index < -0.39 is 27.4 Å². The lowest BCUT2D eigenvalue weighted by Crippen LogP contribution is -2.55. The number of aliphatic hydroxyl groups is 1. The molecule has 1 N–H and O–H groups in total. The Kier molecular flexibility index (Phi) is 9.08. The number of aromatic nitrogens is 3. The Bertz CT molecular complexity index is 1350. The van der Waals surface area contributed by atoms with E-state index in [4.69, 9.17) is 4.74 Å². The molecule has 3 aliphatic heterocycles. The number of carbonyl (C=O) groups is 3. The number of para-hydroxylation sites is 1. The summed E-state index contributed by atoms with van der Waals surface area (Å²) in [7, 11) is 0. The van der Waals surface area contributed by atoms with Crippen LogP contribution in [0, 0.1) is 11.8 Å². The fraction of sp³-hybridized carbons (Fsp3) is 0.581.